The molecule has 0 unspecified atom stereocenters. The first kappa shape index (κ1) is 14.6. The predicted molar refractivity (Wildman–Crippen MR) is 101 cm³/mol. The highest BCUT2D eigenvalue weighted by Gasteiger charge is 2.11. The van der Waals surface area contributed by atoms with Gasteiger partial charge in [0.2, 0.25) is 5.88 Å². The van der Waals surface area contributed by atoms with Gasteiger partial charge in [-0.05, 0) is 55.3 Å². The summed E-state index contributed by atoms with van der Waals surface area (Å²) >= 11 is 0. The number of benzene rings is 2. The zero-order valence-corrected chi connectivity index (χ0v) is 14.1. The van der Waals surface area contributed by atoms with E-state index in [1.807, 2.05) is 37.0 Å². The Morgan fingerprint density at radius 2 is 1.88 bits per heavy atom. The molecule has 1 N–H and O–H groups in total. The molecule has 24 heavy (non-hydrogen) atoms. The van der Waals surface area contributed by atoms with Crippen LogP contribution in [0.5, 0.6) is 5.88 Å². The number of fused-ring (bicyclic) bond motifs is 2. The zero-order valence-electron chi connectivity index (χ0n) is 14.1. The van der Waals surface area contributed by atoms with E-state index in [1.165, 1.54) is 11.1 Å². The van der Waals surface area contributed by atoms with Gasteiger partial charge in [0.25, 0.3) is 0 Å². The Kier molecular flexibility index (Phi) is 3.24. The summed E-state index contributed by atoms with van der Waals surface area (Å²) in [5, 5.41) is 13.8. The van der Waals surface area contributed by atoms with Crippen molar-refractivity contribution >= 4 is 27.2 Å². The van der Waals surface area contributed by atoms with Crippen LogP contribution in [0.3, 0.4) is 0 Å². The molecule has 2 aromatic heterocycles. The molecule has 4 rings (SSSR count). The third-order valence-corrected chi connectivity index (χ3v) is 4.83. The monoisotopic (exact) mass is 316 g/mol. The molecule has 3 heteroatoms. The van der Waals surface area contributed by atoms with Gasteiger partial charge >= 0.3 is 0 Å². The molecule has 0 radical (unpaired) electrons. The molecule has 0 bridgehead atoms. The maximum atomic E-state index is 10.7. The Balaban J connectivity index is 1.90. The molecule has 4 aromatic rings. The molecule has 0 amide bonds. The van der Waals surface area contributed by atoms with Gasteiger partial charge in [-0.15, -0.1) is 0 Å². The molecule has 0 atom stereocenters. The van der Waals surface area contributed by atoms with Crippen molar-refractivity contribution in [3.05, 3.63) is 66.5 Å². The minimum atomic E-state index is 0.283. The van der Waals surface area contributed by atoms with E-state index in [1.54, 1.807) is 0 Å². The van der Waals surface area contributed by atoms with Crippen LogP contribution in [0.1, 0.15) is 19.4 Å². The van der Waals surface area contributed by atoms with Gasteiger partial charge in [-0.3, -0.25) is 4.57 Å². The maximum Gasteiger partial charge on any atom is 0.203 e. The summed E-state index contributed by atoms with van der Waals surface area (Å²) in [6.45, 7) is 4.11. The summed E-state index contributed by atoms with van der Waals surface area (Å²) in [4.78, 5) is 0. The summed E-state index contributed by atoms with van der Waals surface area (Å²) in [6.07, 6.45) is 6.12. The first-order valence-corrected chi connectivity index (χ1v) is 8.11. The van der Waals surface area contributed by atoms with Crippen LogP contribution in [0.4, 0.5) is 0 Å². The fourth-order valence-corrected chi connectivity index (χ4v) is 3.22. The minimum absolute atomic E-state index is 0.283. The number of aryl methyl sites for hydroxylation is 1. The van der Waals surface area contributed by atoms with E-state index >= 15 is 0 Å². The zero-order chi connectivity index (χ0) is 16.8. The number of hydrogen-bond donors (Lipinski definition) is 1. The fourth-order valence-electron chi connectivity index (χ4n) is 3.22. The first-order valence-electron chi connectivity index (χ1n) is 8.11. The summed E-state index contributed by atoms with van der Waals surface area (Å²) in [6, 6.07) is 14.5. The van der Waals surface area contributed by atoms with Gasteiger partial charge in [-0.2, -0.15) is 0 Å². The number of hydrogen-bond acceptors (Lipinski definition) is 1. The van der Waals surface area contributed by atoms with Gasteiger partial charge < -0.3 is 9.67 Å². The number of aromatic hydroxyl groups is 1. The smallest absolute Gasteiger partial charge is 0.203 e. The van der Waals surface area contributed by atoms with Crippen LogP contribution < -0.4 is 0 Å². The lowest BCUT2D eigenvalue weighted by atomic mass is 10.0. The van der Waals surface area contributed by atoms with Gasteiger partial charge in [-0.25, -0.2) is 0 Å². The molecular formula is C21H20N2O. The second kappa shape index (κ2) is 5.31. The summed E-state index contributed by atoms with van der Waals surface area (Å²) in [5.74, 6) is 0.283. The number of nitrogens with zero attached hydrogens (tertiary/aromatic N) is 2. The quantitative estimate of drug-likeness (QED) is 0.538. The van der Waals surface area contributed by atoms with Gasteiger partial charge in [0.05, 0.1) is 0 Å². The molecule has 0 fully saturated rings. The maximum absolute atomic E-state index is 10.7. The van der Waals surface area contributed by atoms with Crippen LogP contribution >= 0.6 is 0 Å². The van der Waals surface area contributed by atoms with Crippen LogP contribution in [0.2, 0.25) is 0 Å². The average Bonchev–Trinajstić information content (AvgIpc) is 3.14. The lowest BCUT2D eigenvalue weighted by Gasteiger charge is -2.06. The Hall–Kier alpha value is -2.94. The van der Waals surface area contributed by atoms with E-state index < -0.39 is 0 Å². The van der Waals surface area contributed by atoms with Crippen molar-refractivity contribution in [2.45, 2.75) is 13.8 Å². The van der Waals surface area contributed by atoms with Crippen LogP contribution in [0.15, 0.2) is 60.9 Å². The van der Waals surface area contributed by atoms with Crippen molar-refractivity contribution in [3.8, 4) is 11.6 Å². The standard InChI is InChI=1S/C21H20N2O/c1-4-14(2)15-5-6-17-13-23(21(24)19(17)12-15)18-7-8-20-16(11-18)9-10-22(20)3/h4-13,24H,1-3H3. The summed E-state index contributed by atoms with van der Waals surface area (Å²) < 4.78 is 3.95. The van der Waals surface area contributed by atoms with E-state index in [0.717, 1.165) is 27.4 Å². The Bertz CT molecular complexity index is 1100. The van der Waals surface area contributed by atoms with Gasteiger partial charge in [0.15, 0.2) is 0 Å². The minimum Gasteiger partial charge on any atom is -0.494 e. The number of rotatable bonds is 2. The van der Waals surface area contributed by atoms with Crippen molar-refractivity contribution in [2.24, 2.45) is 7.05 Å². The van der Waals surface area contributed by atoms with E-state index in [0.29, 0.717) is 0 Å². The highest BCUT2D eigenvalue weighted by molar-refractivity contribution is 5.92. The molecule has 0 spiro atoms. The predicted octanol–water partition coefficient (Wildman–Crippen LogP) is 5.25. The molecule has 0 aliphatic heterocycles. The Morgan fingerprint density at radius 3 is 2.67 bits per heavy atom. The molecule has 0 aliphatic rings. The van der Waals surface area contributed by atoms with Crippen LogP contribution in [-0.4, -0.2) is 14.2 Å². The van der Waals surface area contributed by atoms with Crippen LogP contribution in [0.25, 0.3) is 32.9 Å². The SMILES string of the molecule is CC=C(C)c1ccc2cn(-c3ccc4c(ccn4C)c3)c(O)c2c1. The number of aromatic nitrogens is 2. The number of allylic oxidation sites excluding steroid dienone is 2. The largest absolute Gasteiger partial charge is 0.494 e. The van der Waals surface area contributed by atoms with Crippen molar-refractivity contribution < 1.29 is 5.11 Å². The van der Waals surface area contributed by atoms with Crippen LogP contribution in [0, 0.1) is 0 Å². The summed E-state index contributed by atoms with van der Waals surface area (Å²) in [5.41, 5.74) is 4.49. The second-order valence-corrected chi connectivity index (χ2v) is 6.27. The van der Waals surface area contributed by atoms with Crippen molar-refractivity contribution in [1.82, 2.24) is 9.13 Å². The average molecular weight is 316 g/mol. The molecule has 0 saturated heterocycles. The first-order chi connectivity index (χ1) is 11.6. The molecule has 0 aliphatic carbocycles. The fraction of sp³-hybridized carbons (Fsp3) is 0.143. The highest BCUT2D eigenvalue weighted by atomic mass is 16.3. The Morgan fingerprint density at radius 1 is 1.04 bits per heavy atom. The molecule has 2 aromatic carbocycles. The lowest BCUT2D eigenvalue weighted by Crippen LogP contribution is -1.91. The van der Waals surface area contributed by atoms with Gasteiger partial charge in [0, 0.05) is 46.8 Å². The molecule has 0 saturated carbocycles. The van der Waals surface area contributed by atoms with Crippen molar-refractivity contribution in [2.75, 3.05) is 0 Å². The Labute approximate surface area is 141 Å². The molecule has 120 valence electrons. The topological polar surface area (TPSA) is 30.1 Å². The summed E-state index contributed by atoms with van der Waals surface area (Å²) in [7, 11) is 2.04. The molecule has 3 nitrogen and oxygen atoms in total. The second-order valence-electron chi connectivity index (χ2n) is 6.27. The lowest BCUT2D eigenvalue weighted by molar-refractivity contribution is 0.448. The van der Waals surface area contributed by atoms with E-state index in [-0.39, 0.29) is 5.88 Å². The van der Waals surface area contributed by atoms with E-state index in [2.05, 4.69) is 54.0 Å². The molecular weight excluding hydrogens is 296 g/mol. The molecule has 2 heterocycles. The van der Waals surface area contributed by atoms with Crippen molar-refractivity contribution in [3.63, 3.8) is 0 Å². The third kappa shape index (κ3) is 2.13. The van der Waals surface area contributed by atoms with Crippen LogP contribution in [-0.2, 0) is 7.05 Å². The normalized spacial score (nSPS) is 12.4. The highest BCUT2D eigenvalue weighted by Crippen LogP contribution is 2.33. The van der Waals surface area contributed by atoms with Crippen molar-refractivity contribution in [1.29, 1.82) is 0 Å². The third-order valence-electron chi connectivity index (χ3n) is 4.83. The van der Waals surface area contributed by atoms with E-state index in [9.17, 15) is 5.11 Å². The van der Waals surface area contributed by atoms with Gasteiger partial charge in [-0.1, -0.05) is 18.2 Å². The van der Waals surface area contributed by atoms with Gasteiger partial charge in [0.1, 0.15) is 0 Å². The van der Waals surface area contributed by atoms with E-state index in [4.69, 9.17) is 0 Å².